The molecular formula is C12H15NO4. The van der Waals surface area contributed by atoms with Gasteiger partial charge in [0.1, 0.15) is 0 Å². The summed E-state index contributed by atoms with van der Waals surface area (Å²) in [5, 5.41) is 8.29. The van der Waals surface area contributed by atoms with Gasteiger partial charge in [0, 0.05) is 6.08 Å². The molecule has 1 amide bonds. The molecule has 1 aromatic carbocycles. The van der Waals surface area contributed by atoms with Crippen molar-refractivity contribution in [3.8, 4) is 0 Å². The molecule has 1 aromatic rings. The van der Waals surface area contributed by atoms with Crippen LogP contribution in [-0.4, -0.2) is 23.8 Å². The molecule has 0 saturated heterocycles. The van der Waals surface area contributed by atoms with Gasteiger partial charge in [-0.2, -0.15) is 0 Å². The van der Waals surface area contributed by atoms with Crippen molar-refractivity contribution in [1.82, 2.24) is 0 Å². The van der Waals surface area contributed by atoms with E-state index in [-0.39, 0.29) is 0 Å². The number of nitrogens with two attached hydrogens (primary N) is 1. The van der Waals surface area contributed by atoms with Gasteiger partial charge in [0.2, 0.25) is 0 Å². The zero-order valence-corrected chi connectivity index (χ0v) is 9.50. The Hall–Kier alpha value is -2.30. The molecule has 0 aliphatic carbocycles. The SMILES string of the molecule is CCOC(N)=O.O=C(O)/C=C/c1ccccc1. The van der Waals surface area contributed by atoms with Crippen LogP contribution >= 0.6 is 0 Å². The average Bonchev–Trinajstić information content (AvgIpc) is 2.28. The molecule has 5 heteroatoms. The van der Waals surface area contributed by atoms with Gasteiger partial charge in [-0.1, -0.05) is 30.3 Å². The van der Waals surface area contributed by atoms with Gasteiger partial charge in [0.05, 0.1) is 6.61 Å². The van der Waals surface area contributed by atoms with Crippen molar-refractivity contribution >= 4 is 18.1 Å². The fraction of sp³-hybridized carbons (Fsp3) is 0.167. The maximum absolute atomic E-state index is 10.1. The largest absolute Gasteiger partial charge is 0.478 e. The lowest BCUT2D eigenvalue weighted by Gasteiger charge is -1.89. The van der Waals surface area contributed by atoms with Crippen LogP contribution in [0.2, 0.25) is 0 Å². The van der Waals surface area contributed by atoms with Gasteiger partial charge in [-0.05, 0) is 18.6 Å². The smallest absolute Gasteiger partial charge is 0.404 e. The number of amides is 1. The van der Waals surface area contributed by atoms with E-state index in [0.29, 0.717) is 6.61 Å². The number of aliphatic carboxylic acids is 1. The summed E-state index contributed by atoms with van der Waals surface area (Å²) >= 11 is 0. The summed E-state index contributed by atoms with van der Waals surface area (Å²) < 4.78 is 4.18. The van der Waals surface area contributed by atoms with Gasteiger partial charge in [0.25, 0.3) is 0 Å². The molecule has 0 saturated carbocycles. The van der Waals surface area contributed by atoms with E-state index < -0.39 is 12.1 Å². The van der Waals surface area contributed by atoms with Crippen LogP contribution in [0.5, 0.6) is 0 Å². The Balaban J connectivity index is 0.000000366. The predicted molar refractivity (Wildman–Crippen MR) is 64.3 cm³/mol. The lowest BCUT2D eigenvalue weighted by Crippen LogP contribution is -2.11. The number of carboxylic acids is 1. The first-order valence-electron chi connectivity index (χ1n) is 4.94. The van der Waals surface area contributed by atoms with Crippen LogP contribution in [0.1, 0.15) is 12.5 Å². The third-order valence-corrected chi connectivity index (χ3v) is 1.50. The van der Waals surface area contributed by atoms with Gasteiger partial charge >= 0.3 is 12.1 Å². The molecule has 0 aromatic heterocycles. The van der Waals surface area contributed by atoms with E-state index in [1.807, 2.05) is 30.3 Å². The van der Waals surface area contributed by atoms with E-state index in [1.54, 1.807) is 13.0 Å². The summed E-state index contributed by atoms with van der Waals surface area (Å²) in [6.07, 6.45) is 1.97. The molecule has 0 spiro atoms. The maximum Gasteiger partial charge on any atom is 0.404 e. The Bertz CT molecular complexity index is 373. The Morgan fingerprint density at radius 1 is 1.35 bits per heavy atom. The number of ether oxygens (including phenoxy) is 1. The summed E-state index contributed by atoms with van der Waals surface area (Å²) in [4.78, 5) is 19.7. The number of hydrogen-bond donors (Lipinski definition) is 2. The van der Waals surface area contributed by atoms with Crippen LogP contribution in [0, 0.1) is 0 Å². The van der Waals surface area contributed by atoms with E-state index in [4.69, 9.17) is 5.11 Å². The van der Waals surface area contributed by atoms with Gasteiger partial charge < -0.3 is 15.6 Å². The molecule has 0 aliphatic heterocycles. The fourth-order valence-corrected chi connectivity index (χ4v) is 0.874. The maximum atomic E-state index is 10.1. The normalized spacial score (nSPS) is 9.24. The molecule has 1 rings (SSSR count). The molecule has 3 N–H and O–H groups in total. The number of primary amides is 1. The average molecular weight is 237 g/mol. The minimum Gasteiger partial charge on any atom is -0.478 e. The van der Waals surface area contributed by atoms with E-state index >= 15 is 0 Å². The van der Waals surface area contributed by atoms with E-state index in [9.17, 15) is 9.59 Å². The highest BCUT2D eigenvalue weighted by Gasteiger charge is 1.86. The third kappa shape index (κ3) is 9.99. The Labute approximate surface area is 99.5 Å². The van der Waals surface area contributed by atoms with Crippen LogP contribution in [-0.2, 0) is 9.53 Å². The van der Waals surface area contributed by atoms with Crippen molar-refractivity contribution < 1.29 is 19.4 Å². The van der Waals surface area contributed by atoms with E-state index in [1.165, 1.54) is 0 Å². The highest BCUT2D eigenvalue weighted by molar-refractivity contribution is 5.85. The Morgan fingerprint density at radius 3 is 2.29 bits per heavy atom. The van der Waals surface area contributed by atoms with Crippen LogP contribution in [0.15, 0.2) is 36.4 Å². The molecule has 17 heavy (non-hydrogen) atoms. The number of benzene rings is 1. The van der Waals surface area contributed by atoms with Gasteiger partial charge in [-0.15, -0.1) is 0 Å². The highest BCUT2D eigenvalue weighted by atomic mass is 16.5. The topological polar surface area (TPSA) is 89.6 Å². The van der Waals surface area contributed by atoms with Crippen molar-refractivity contribution in [3.63, 3.8) is 0 Å². The molecule has 0 radical (unpaired) electrons. The second-order valence-corrected chi connectivity index (χ2v) is 2.83. The number of carbonyl (C=O) groups is 2. The number of rotatable bonds is 3. The molecule has 5 nitrogen and oxygen atoms in total. The number of hydrogen-bond acceptors (Lipinski definition) is 3. The summed E-state index contributed by atoms with van der Waals surface area (Å²) in [5.74, 6) is -0.922. The summed E-state index contributed by atoms with van der Waals surface area (Å²) in [5.41, 5.74) is 5.44. The second kappa shape index (κ2) is 8.96. The van der Waals surface area contributed by atoms with Crippen LogP contribution in [0.4, 0.5) is 4.79 Å². The molecule has 92 valence electrons. The van der Waals surface area contributed by atoms with Crippen molar-refractivity contribution in [1.29, 1.82) is 0 Å². The molecule has 0 unspecified atom stereocenters. The van der Waals surface area contributed by atoms with Crippen molar-refractivity contribution in [3.05, 3.63) is 42.0 Å². The van der Waals surface area contributed by atoms with Crippen molar-refractivity contribution in [2.75, 3.05) is 6.61 Å². The van der Waals surface area contributed by atoms with Gasteiger partial charge in [-0.25, -0.2) is 9.59 Å². The highest BCUT2D eigenvalue weighted by Crippen LogP contribution is 1.99. The van der Waals surface area contributed by atoms with Crippen molar-refractivity contribution in [2.45, 2.75) is 6.92 Å². The number of carboxylic acid groups (broad SMARTS) is 1. The summed E-state index contributed by atoms with van der Waals surface area (Å²) in [6, 6.07) is 9.31. The molecule has 0 atom stereocenters. The molecule has 0 aliphatic rings. The first kappa shape index (κ1) is 14.7. The van der Waals surface area contributed by atoms with Crippen LogP contribution in [0.25, 0.3) is 6.08 Å². The van der Waals surface area contributed by atoms with Crippen LogP contribution in [0.3, 0.4) is 0 Å². The Morgan fingerprint density at radius 2 is 1.94 bits per heavy atom. The quantitative estimate of drug-likeness (QED) is 0.785. The van der Waals surface area contributed by atoms with Crippen molar-refractivity contribution in [2.24, 2.45) is 5.73 Å². The fourth-order valence-electron chi connectivity index (χ4n) is 0.874. The van der Waals surface area contributed by atoms with Gasteiger partial charge in [-0.3, -0.25) is 0 Å². The molecule has 0 bridgehead atoms. The monoisotopic (exact) mass is 237 g/mol. The molecular weight excluding hydrogens is 222 g/mol. The van der Waals surface area contributed by atoms with E-state index in [0.717, 1.165) is 11.6 Å². The standard InChI is InChI=1S/C9H8O2.C3H7NO2/c10-9(11)7-6-8-4-2-1-3-5-8;1-2-6-3(4)5/h1-7H,(H,10,11);2H2,1H3,(H2,4,5)/b7-6+;. The molecule has 0 fully saturated rings. The first-order chi connectivity index (χ1) is 8.06. The lowest BCUT2D eigenvalue weighted by atomic mass is 10.2. The van der Waals surface area contributed by atoms with Gasteiger partial charge in [0.15, 0.2) is 0 Å². The third-order valence-electron chi connectivity index (χ3n) is 1.50. The lowest BCUT2D eigenvalue weighted by molar-refractivity contribution is -0.131. The second-order valence-electron chi connectivity index (χ2n) is 2.83. The zero-order chi connectivity index (χ0) is 13.1. The molecule has 0 heterocycles. The first-order valence-corrected chi connectivity index (χ1v) is 4.94. The zero-order valence-electron chi connectivity index (χ0n) is 9.50. The minimum absolute atomic E-state index is 0.356. The summed E-state index contributed by atoms with van der Waals surface area (Å²) in [6.45, 7) is 2.06. The van der Waals surface area contributed by atoms with E-state index in [2.05, 4.69) is 10.5 Å². The predicted octanol–water partition coefficient (Wildman–Crippen LogP) is 1.89. The Kier molecular flexibility index (Phi) is 7.75. The minimum atomic E-state index is -0.922. The number of carbonyl (C=O) groups excluding carboxylic acids is 1. The summed E-state index contributed by atoms with van der Waals surface area (Å²) in [7, 11) is 0. The van der Waals surface area contributed by atoms with Crippen LogP contribution < -0.4 is 5.73 Å².